The molecule has 1 aliphatic rings. The van der Waals surface area contributed by atoms with E-state index in [2.05, 4.69) is 26.6 Å². The molecule has 1 fully saturated rings. The zero-order valence-electron chi connectivity index (χ0n) is 11.1. The van der Waals surface area contributed by atoms with Crippen molar-refractivity contribution >= 4 is 27.5 Å². The van der Waals surface area contributed by atoms with Gasteiger partial charge in [0, 0.05) is 18.7 Å². The van der Waals surface area contributed by atoms with Crippen molar-refractivity contribution in [3.05, 3.63) is 38.3 Å². The smallest absolute Gasteiger partial charge is 0.283 e. The maximum atomic E-state index is 11.8. The van der Waals surface area contributed by atoms with Gasteiger partial charge in [-0.3, -0.25) is 14.9 Å². The van der Waals surface area contributed by atoms with Crippen LogP contribution >= 0.6 is 15.9 Å². The van der Waals surface area contributed by atoms with Crippen molar-refractivity contribution in [1.82, 2.24) is 10.6 Å². The normalized spacial score (nSPS) is 15.7. The number of nitrogens with one attached hydrogen (secondary N) is 2. The van der Waals surface area contributed by atoms with E-state index in [4.69, 9.17) is 0 Å². The highest BCUT2D eigenvalue weighted by Crippen LogP contribution is 2.25. The van der Waals surface area contributed by atoms with Gasteiger partial charge in [-0.05, 0) is 47.3 Å². The molecule has 20 heavy (non-hydrogen) atoms. The van der Waals surface area contributed by atoms with Crippen molar-refractivity contribution in [2.24, 2.45) is 0 Å². The van der Waals surface area contributed by atoms with Gasteiger partial charge in [0.05, 0.1) is 15.4 Å². The Morgan fingerprint density at radius 1 is 1.55 bits per heavy atom. The molecule has 0 spiro atoms. The van der Waals surface area contributed by atoms with Crippen molar-refractivity contribution in [3.63, 3.8) is 0 Å². The lowest BCUT2D eigenvalue weighted by Crippen LogP contribution is -2.42. The molecule has 6 nitrogen and oxygen atoms in total. The van der Waals surface area contributed by atoms with Gasteiger partial charge < -0.3 is 10.6 Å². The van der Waals surface area contributed by atoms with Gasteiger partial charge in [-0.15, -0.1) is 0 Å². The molecular weight excluding hydrogens is 326 g/mol. The van der Waals surface area contributed by atoms with Gasteiger partial charge in [0.2, 0.25) is 5.91 Å². The number of nitrogens with zero attached hydrogens (tertiary/aromatic N) is 1. The van der Waals surface area contributed by atoms with Crippen molar-refractivity contribution in [3.8, 4) is 0 Å². The molecule has 0 saturated heterocycles. The Hall–Kier alpha value is -1.47. The van der Waals surface area contributed by atoms with E-state index in [-0.39, 0.29) is 17.6 Å². The van der Waals surface area contributed by atoms with Crippen LogP contribution in [0, 0.1) is 10.1 Å². The van der Waals surface area contributed by atoms with Gasteiger partial charge in [-0.2, -0.15) is 0 Å². The number of hydrogen-bond acceptors (Lipinski definition) is 4. The summed E-state index contributed by atoms with van der Waals surface area (Å²) in [5.41, 5.74) is 0.797. The van der Waals surface area contributed by atoms with Crippen LogP contribution in [0.2, 0.25) is 0 Å². The Bertz CT molecular complexity index is 532. The molecule has 2 N–H and O–H groups in total. The van der Waals surface area contributed by atoms with Crippen LogP contribution in [0.25, 0.3) is 0 Å². The zero-order chi connectivity index (χ0) is 14.7. The molecule has 0 radical (unpaired) electrons. The van der Waals surface area contributed by atoms with Gasteiger partial charge in [-0.1, -0.05) is 6.07 Å². The fraction of sp³-hybridized carbons (Fsp3) is 0.462. The second kappa shape index (κ2) is 6.32. The number of halogens is 1. The molecule has 0 bridgehead atoms. The van der Waals surface area contributed by atoms with Crippen molar-refractivity contribution < 1.29 is 9.72 Å². The minimum absolute atomic E-state index is 0.0272. The molecule has 0 heterocycles. The second-order valence-corrected chi connectivity index (χ2v) is 5.78. The average molecular weight is 342 g/mol. The summed E-state index contributed by atoms with van der Waals surface area (Å²) in [6.07, 6.45) is 2.11. The average Bonchev–Trinajstić information content (AvgIpc) is 3.20. The van der Waals surface area contributed by atoms with Crippen molar-refractivity contribution in [2.75, 3.05) is 0 Å². The number of nitro benzene ring substituents is 1. The third-order valence-corrected chi connectivity index (χ3v) is 3.81. The van der Waals surface area contributed by atoms with Crippen LogP contribution in [0.15, 0.2) is 22.7 Å². The number of benzene rings is 1. The number of amides is 1. The number of carbonyl (C=O) groups is 1. The molecule has 1 saturated carbocycles. The molecule has 2 rings (SSSR count). The first-order valence-electron chi connectivity index (χ1n) is 6.44. The minimum Gasteiger partial charge on any atom is -0.352 e. The summed E-state index contributed by atoms with van der Waals surface area (Å²) >= 11 is 3.14. The first kappa shape index (κ1) is 14.9. The first-order valence-corrected chi connectivity index (χ1v) is 7.23. The Morgan fingerprint density at radius 3 is 2.85 bits per heavy atom. The monoisotopic (exact) mass is 341 g/mol. The number of nitro groups is 1. The predicted molar refractivity (Wildman–Crippen MR) is 78.3 cm³/mol. The number of carbonyl (C=O) groups excluding carboxylic acids is 1. The lowest BCUT2D eigenvalue weighted by molar-refractivity contribution is -0.385. The van der Waals surface area contributed by atoms with Crippen LogP contribution in [0.5, 0.6) is 0 Å². The third-order valence-electron chi connectivity index (χ3n) is 3.14. The van der Waals surface area contributed by atoms with Crippen molar-refractivity contribution in [2.45, 2.75) is 38.4 Å². The lowest BCUT2D eigenvalue weighted by atomic mass is 10.2. The summed E-state index contributed by atoms with van der Waals surface area (Å²) in [6.45, 7) is 2.19. The molecule has 1 aromatic rings. The molecule has 1 unspecified atom stereocenters. The minimum atomic E-state index is -0.434. The van der Waals surface area contributed by atoms with Crippen LogP contribution in [0.4, 0.5) is 5.69 Å². The molecule has 0 aliphatic heterocycles. The largest absolute Gasteiger partial charge is 0.352 e. The van der Waals surface area contributed by atoms with E-state index in [1.807, 2.05) is 0 Å². The van der Waals surface area contributed by atoms with Crippen LogP contribution in [0.3, 0.4) is 0 Å². The van der Waals surface area contributed by atoms with E-state index in [1.165, 1.54) is 6.07 Å². The Labute approximate surface area is 125 Å². The van der Waals surface area contributed by atoms with Crippen LogP contribution in [-0.2, 0) is 11.3 Å². The Kier molecular flexibility index (Phi) is 4.72. The summed E-state index contributed by atoms with van der Waals surface area (Å²) in [5.74, 6) is -0.0286. The standard InChI is InChI=1S/C13H16BrN3O3/c1-8(13(18)16-10-3-4-10)15-7-9-2-5-11(14)12(6-9)17(19)20/h2,5-6,8,10,15H,3-4,7H2,1H3,(H,16,18). The van der Waals surface area contributed by atoms with Gasteiger partial charge in [-0.25, -0.2) is 0 Å². The molecule has 1 amide bonds. The van der Waals surface area contributed by atoms with E-state index in [0.29, 0.717) is 17.1 Å². The van der Waals surface area contributed by atoms with Gasteiger partial charge >= 0.3 is 0 Å². The van der Waals surface area contributed by atoms with Crippen LogP contribution < -0.4 is 10.6 Å². The molecule has 1 atom stereocenters. The molecule has 1 aliphatic carbocycles. The first-order chi connectivity index (χ1) is 9.47. The Balaban J connectivity index is 1.91. The highest BCUT2D eigenvalue weighted by atomic mass is 79.9. The summed E-state index contributed by atoms with van der Waals surface area (Å²) in [6, 6.07) is 4.95. The molecule has 108 valence electrons. The molecule has 7 heteroatoms. The molecular formula is C13H16BrN3O3. The van der Waals surface area contributed by atoms with Crippen LogP contribution in [-0.4, -0.2) is 22.9 Å². The quantitative estimate of drug-likeness (QED) is 0.613. The summed E-state index contributed by atoms with van der Waals surface area (Å²) < 4.78 is 0.450. The van der Waals surface area contributed by atoms with E-state index in [1.54, 1.807) is 19.1 Å². The van der Waals surface area contributed by atoms with Crippen LogP contribution in [0.1, 0.15) is 25.3 Å². The summed E-state index contributed by atoms with van der Waals surface area (Å²) in [7, 11) is 0. The highest BCUT2D eigenvalue weighted by molar-refractivity contribution is 9.10. The Morgan fingerprint density at radius 2 is 2.25 bits per heavy atom. The van der Waals surface area contributed by atoms with Crippen molar-refractivity contribution in [1.29, 1.82) is 0 Å². The molecule has 1 aromatic carbocycles. The molecule has 0 aromatic heterocycles. The maximum absolute atomic E-state index is 11.8. The van der Waals surface area contributed by atoms with E-state index in [9.17, 15) is 14.9 Å². The third kappa shape index (κ3) is 4.01. The summed E-state index contributed by atoms with van der Waals surface area (Å²) in [5, 5.41) is 16.8. The van der Waals surface area contributed by atoms with E-state index < -0.39 is 4.92 Å². The maximum Gasteiger partial charge on any atom is 0.283 e. The van der Waals surface area contributed by atoms with Gasteiger partial charge in [0.1, 0.15) is 0 Å². The highest BCUT2D eigenvalue weighted by Gasteiger charge is 2.25. The van der Waals surface area contributed by atoms with Gasteiger partial charge in [0.25, 0.3) is 5.69 Å². The fourth-order valence-electron chi connectivity index (χ4n) is 1.73. The van der Waals surface area contributed by atoms with Gasteiger partial charge in [0.15, 0.2) is 0 Å². The SMILES string of the molecule is CC(NCc1ccc(Br)c([N+](=O)[O-])c1)C(=O)NC1CC1. The van der Waals surface area contributed by atoms with E-state index >= 15 is 0 Å². The predicted octanol–water partition coefficient (Wildman–Crippen LogP) is 2.11. The topological polar surface area (TPSA) is 84.3 Å². The lowest BCUT2D eigenvalue weighted by Gasteiger charge is -2.13. The second-order valence-electron chi connectivity index (χ2n) is 4.93. The number of hydrogen-bond donors (Lipinski definition) is 2. The summed E-state index contributed by atoms with van der Waals surface area (Å²) in [4.78, 5) is 22.2. The zero-order valence-corrected chi connectivity index (χ0v) is 12.6. The number of rotatable bonds is 6. The fourth-order valence-corrected chi connectivity index (χ4v) is 2.12. The van der Waals surface area contributed by atoms with E-state index in [0.717, 1.165) is 18.4 Å².